The molecule has 3 rings (SSSR count). The van der Waals surface area contributed by atoms with E-state index in [-0.39, 0.29) is 5.91 Å². The molecule has 0 aromatic heterocycles. The molecule has 30 heavy (non-hydrogen) atoms. The molecule has 0 aliphatic carbocycles. The van der Waals surface area contributed by atoms with E-state index in [0.29, 0.717) is 29.2 Å². The number of hydrogen-bond acceptors (Lipinski definition) is 4. The molecule has 0 saturated carbocycles. The van der Waals surface area contributed by atoms with E-state index in [0.717, 1.165) is 5.56 Å². The van der Waals surface area contributed by atoms with Crippen LogP contribution in [0.2, 0.25) is 0 Å². The van der Waals surface area contributed by atoms with Crippen molar-refractivity contribution in [3.8, 4) is 11.8 Å². The van der Waals surface area contributed by atoms with Crippen molar-refractivity contribution in [3.05, 3.63) is 95.6 Å². The minimum Gasteiger partial charge on any atom is -0.489 e. The van der Waals surface area contributed by atoms with Crippen molar-refractivity contribution in [3.63, 3.8) is 0 Å². The second-order valence-electron chi connectivity index (χ2n) is 6.64. The molecule has 2 N–H and O–H groups in total. The maximum Gasteiger partial charge on any atom is 0.252 e. The molecule has 0 unspecified atom stereocenters. The van der Waals surface area contributed by atoms with Gasteiger partial charge >= 0.3 is 0 Å². The van der Waals surface area contributed by atoms with Gasteiger partial charge in [-0.2, -0.15) is 5.26 Å². The van der Waals surface area contributed by atoms with E-state index in [9.17, 15) is 14.9 Å². The van der Waals surface area contributed by atoms with E-state index in [1.165, 1.54) is 6.92 Å². The molecule has 0 spiro atoms. The third-order valence-corrected chi connectivity index (χ3v) is 4.31. The van der Waals surface area contributed by atoms with Crippen molar-refractivity contribution in [1.29, 1.82) is 5.26 Å². The predicted molar refractivity (Wildman–Crippen MR) is 114 cm³/mol. The van der Waals surface area contributed by atoms with Gasteiger partial charge in [0.2, 0.25) is 5.91 Å². The molecule has 6 heteroatoms. The molecule has 2 amide bonds. The van der Waals surface area contributed by atoms with Crippen LogP contribution in [-0.4, -0.2) is 11.8 Å². The highest BCUT2D eigenvalue weighted by atomic mass is 16.5. The fourth-order valence-corrected chi connectivity index (χ4v) is 2.84. The Labute approximate surface area is 175 Å². The first-order chi connectivity index (χ1) is 14.5. The number of nitrogens with zero attached hydrogens (tertiary/aromatic N) is 1. The van der Waals surface area contributed by atoms with E-state index < -0.39 is 11.9 Å². The fourth-order valence-electron chi connectivity index (χ4n) is 2.84. The molecule has 3 aromatic carbocycles. The van der Waals surface area contributed by atoms with Crippen LogP contribution in [0.4, 0.5) is 5.69 Å². The molecule has 150 valence electrons. The zero-order valence-corrected chi connectivity index (χ0v) is 16.5. The van der Waals surface area contributed by atoms with Gasteiger partial charge in [-0.15, -0.1) is 0 Å². The maximum absolute atomic E-state index is 12.6. The molecule has 3 aromatic rings. The summed E-state index contributed by atoms with van der Waals surface area (Å²) in [5.41, 5.74) is 2.58. The van der Waals surface area contributed by atoms with E-state index in [4.69, 9.17) is 4.74 Å². The maximum atomic E-state index is 12.6. The summed E-state index contributed by atoms with van der Waals surface area (Å²) < 4.78 is 5.75. The summed E-state index contributed by atoms with van der Waals surface area (Å²) in [4.78, 5) is 23.7. The van der Waals surface area contributed by atoms with Crippen LogP contribution >= 0.6 is 0 Å². The Morgan fingerprint density at radius 2 is 1.73 bits per heavy atom. The summed E-state index contributed by atoms with van der Waals surface area (Å²) in [5, 5.41) is 14.9. The van der Waals surface area contributed by atoms with Crippen LogP contribution in [0.3, 0.4) is 0 Å². The van der Waals surface area contributed by atoms with Gasteiger partial charge in [-0.3, -0.25) is 9.59 Å². The molecule has 0 fully saturated rings. The third kappa shape index (κ3) is 5.69. The highest BCUT2D eigenvalue weighted by Gasteiger charge is 2.16. The molecule has 0 radical (unpaired) electrons. The number of carbonyl (C=O) groups excluding carboxylic acids is 2. The van der Waals surface area contributed by atoms with Crippen molar-refractivity contribution in [1.82, 2.24) is 5.32 Å². The highest BCUT2D eigenvalue weighted by molar-refractivity contribution is 5.97. The number of anilines is 1. The summed E-state index contributed by atoms with van der Waals surface area (Å²) >= 11 is 0. The Balaban J connectivity index is 1.63. The SMILES string of the molecule is CC(=O)Nc1cccc(C(=O)N[C@@H](C#N)c2ccc(OCc3ccccc3)cc2)c1. The number of nitriles is 1. The summed E-state index contributed by atoms with van der Waals surface area (Å²) in [5.74, 6) is 0.0452. The van der Waals surface area contributed by atoms with E-state index in [1.807, 2.05) is 30.3 Å². The number of amides is 2. The Bertz CT molecular complexity index is 1060. The van der Waals surface area contributed by atoms with E-state index in [2.05, 4.69) is 16.7 Å². The number of rotatable bonds is 7. The summed E-state index contributed by atoms with van der Waals surface area (Å²) in [6.45, 7) is 1.84. The molecular formula is C24H21N3O3. The molecule has 0 heterocycles. The number of nitrogens with one attached hydrogen (secondary N) is 2. The first kappa shape index (κ1) is 20.6. The molecule has 6 nitrogen and oxygen atoms in total. The van der Waals surface area contributed by atoms with Gasteiger partial charge in [0.05, 0.1) is 6.07 Å². The van der Waals surface area contributed by atoms with Crippen LogP contribution in [0.5, 0.6) is 5.75 Å². The lowest BCUT2D eigenvalue weighted by Gasteiger charge is -2.14. The van der Waals surface area contributed by atoms with Gasteiger partial charge in [-0.25, -0.2) is 0 Å². The van der Waals surface area contributed by atoms with Gasteiger partial charge in [0.15, 0.2) is 0 Å². The monoisotopic (exact) mass is 399 g/mol. The lowest BCUT2D eigenvalue weighted by atomic mass is 10.1. The number of carbonyl (C=O) groups is 2. The van der Waals surface area contributed by atoms with E-state index >= 15 is 0 Å². The summed E-state index contributed by atoms with van der Waals surface area (Å²) in [6, 6.07) is 24.7. The molecule has 0 aliphatic heterocycles. The van der Waals surface area contributed by atoms with Crippen molar-refractivity contribution in [2.45, 2.75) is 19.6 Å². The van der Waals surface area contributed by atoms with E-state index in [1.54, 1.807) is 48.5 Å². The number of ether oxygens (including phenoxy) is 1. The van der Waals surface area contributed by atoms with Crippen LogP contribution < -0.4 is 15.4 Å². The zero-order chi connectivity index (χ0) is 21.3. The lowest BCUT2D eigenvalue weighted by molar-refractivity contribution is -0.114. The highest BCUT2D eigenvalue weighted by Crippen LogP contribution is 2.20. The first-order valence-corrected chi connectivity index (χ1v) is 9.40. The van der Waals surface area contributed by atoms with Gasteiger partial charge in [0, 0.05) is 18.2 Å². The predicted octanol–water partition coefficient (Wildman–Crippen LogP) is 4.22. The van der Waals surface area contributed by atoms with Crippen LogP contribution in [0.15, 0.2) is 78.9 Å². The standard InChI is InChI=1S/C24H21N3O3/c1-17(28)26-21-9-5-8-20(14-21)24(29)27-23(15-25)19-10-12-22(13-11-19)30-16-18-6-3-2-4-7-18/h2-14,23H,16H2,1H3,(H,26,28)(H,27,29)/t23-/m0/s1. The van der Waals surface area contributed by atoms with Crippen molar-refractivity contribution in [2.75, 3.05) is 5.32 Å². The number of benzene rings is 3. The minimum atomic E-state index is -0.815. The van der Waals surface area contributed by atoms with Crippen LogP contribution in [0, 0.1) is 11.3 Å². The van der Waals surface area contributed by atoms with Crippen molar-refractivity contribution in [2.24, 2.45) is 0 Å². The summed E-state index contributed by atoms with van der Waals surface area (Å²) in [6.07, 6.45) is 0. The quantitative estimate of drug-likeness (QED) is 0.622. The first-order valence-electron chi connectivity index (χ1n) is 9.40. The van der Waals surface area contributed by atoms with Gasteiger partial charge in [-0.05, 0) is 41.5 Å². The normalized spacial score (nSPS) is 11.1. The third-order valence-electron chi connectivity index (χ3n) is 4.31. The second-order valence-corrected chi connectivity index (χ2v) is 6.64. The second kappa shape index (κ2) is 9.89. The van der Waals surface area contributed by atoms with Gasteiger partial charge < -0.3 is 15.4 Å². The molecule has 0 saturated heterocycles. The van der Waals surface area contributed by atoms with Crippen LogP contribution in [0.25, 0.3) is 0 Å². The Hall–Kier alpha value is -4.11. The van der Waals surface area contributed by atoms with Crippen molar-refractivity contribution < 1.29 is 14.3 Å². The van der Waals surface area contributed by atoms with Gasteiger partial charge in [0.1, 0.15) is 18.4 Å². The summed E-state index contributed by atoms with van der Waals surface area (Å²) in [7, 11) is 0. The molecular weight excluding hydrogens is 378 g/mol. The van der Waals surface area contributed by atoms with Crippen LogP contribution in [0.1, 0.15) is 34.5 Å². The molecule has 0 aliphatic rings. The zero-order valence-electron chi connectivity index (χ0n) is 16.5. The average molecular weight is 399 g/mol. The smallest absolute Gasteiger partial charge is 0.252 e. The largest absolute Gasteiger partial charge is 0.489 e. The van der Waals surface area contributed by atoms with Crippen molar-refractivity contribution >= 4 is 17.5 Å². The number of hydrogen-bond donors (Lipinski definition) is 2. The Morgan fingerprint density at radius 3 is 2.40 bits per heavy atom. The Kier molecular flexibility index (Phi) is 6.80. The van der Waals surface area contributed by atoms with Gasteiger partial charge in [0.25, 0.3) is 5.91 Å². The Morgan fingerprint density at radius 1 is 1.00 bits per heavy atom. The van der Waals surface area contributed by atoms with Gasteiger partial charge in [-0.1, -0.05) is 48.5 Å². The van der Waals surface area contributed by atoms with Crippen LogP contribution in [-0.2, 0) is 11.4 Å². The minimum absolute atomic E-state index is 0.225. The lowest BCUT2D eigenvalue weighted by Crippen LogP contribution is -2.27. The molecule has 0 bridgehead atoms. The molecule has 1 atom stereocenters. The average Bonchev–Trinajstić information content (AvgIpc) is 2.77. The fraction of sp³-hybridized carbons (Fsp3) is 0.125. The topological polar surface area (TPSA) is 91.2 Å².